The van der Waals surface area contributed by atoms with E-state index in [9.17, 15) is 28.7 Å². The summed E-state index contributed by atoms with van der Waals surface area (Å²) in [7, 11) is 1.49. The highest BCUT2D eigenvalue weighted by Crippen LogP contribution is 2.34. The second kappa shape index (κ2) is 8.75. The number of H-pyrrole nitrogens is 1. The average molecular weight is 469 g/mol. The van der Waals surface area contributed by atoms with Crippen LogP contribution in [-0.2, 0) is 9.59 Å². The Morgan fingerprint density at radius 3 is 2.71 bits per heavy atom. The van der Waals surface area contributed by atoms with Crippen molar-refractivity contribution < 1.29 is 28.7 Å². The standard InChI is InChI=1S/C23H24FN5O5/c1-11-18(7-16-15-6-13(24)4-5-17(15)27-21(16)32)26-12(2)20(11)22(33)25-8-14(30)9-29-19(31)10-28(3)23(29)34/h4-7,14,26,30H,8-10H2,1-3H3,(H,25,33)(H,27,32)/b16-7-/t14-/m0/s1. The number of fused-ring (bicyclic) bond motifs is 1. The predicted octanol–water partition coefficient (Wildman–Crippen LogP) is 1.25. The van der Waals surface area contributed by atoms with Gasteiger partial charge in [-0.1, -0.05) is 0 Å². The largest absolute Gasteiger partial charge is 0.389 e. The van der Waals surface area contributed by atoms with Gasteiger partial charge in [0, 0.05) is 36.2 Å². The van der Waals surface area contributed by atoms with Gasteiger partial charge >= 0.3 is 6.03 Å². The number of β-amino-alcohol motifs (C(OH)–C–C–N with tert-alkyl or cyclic N) is 1. The molecule has 10 nitrogen and oxygen atoms in total. The molecule has 2 aliphatic heterocycles. The van der Waals surface area contributed by atoms with Gasteiger partial charge in [0.1, 0.15) is 12.4 Å². The van der Waals surface area contributed by atoms with E-state index in [0.29, 0.717) is 33.8 Å². The average Bonchev–Trinajstić information content (AvgIpc) is 3.32. The van der Waals surface area contributed by atoms with Crippen molar-refractivity contribution >= 4 is 41.1 Å². The Kier molecular flexibility index (Phi) is 5.96. The molecule has 0 unspecified atom stereocenters. The number of imide groups is 1. The Hall–Kier alpha value is -3.99. The molecule has 4 N–H and O–H groups in total. The van der Waals surface area contributed by atoms with Gasteiger partial charge in [-0.25, -0.2) is 9.18 Å². The van der Waals surface area contributed by atoms with Gasteiger partial charge < -0.3 is 25.6 Å². The minimum Gasteiger partial charge on any atom is -0.389 e. The van der Waals surface area contributed by atoms with E-state index in [4.69, 9.17) is 0 Å². The first kappa shape index (κ1) is 23.2. The van der Waals surface area contributed by atoms with Crippen LogP contribution >= 0.6 is 0 Å². The number of amides is 5. The quantitative estimate of drug-likeness (QED) is 0.373. The van der Waals surface area contributed by atoms with Crippen LogP contribution in [0.2, 0.25) is 0 Å². The molecule has 2 aliphatic rings. The molecule has 1 saturated heterocycles. The highest BCUT2D eigenvalue weighted by molar-refractivity contribution is 6.34. The number of hydrogen-bond donors (Lipinski definition) is 4. The van der Waals surface area contributed by atoms with E-state index < -0.39 is 29.8 Å². The number of benzene rings is 1. The molecule has 178 valence electrons. The van der Waals surface area contributed by atoms with Gasteiger partial charge in [-0.15, -0.1) is 0 Å². The Balaban J connectivity index is 1.48. The topological polar surface area (TPSA) is 135 Å². The molecule has 1 aromatic carbocycles. The van der Waals surface area contributed by atoms with Crippen LogP contribution in [0, 0.1) is 19.7 Å². The van der Waals surface area contributed by atoms with Crippen LogP contribution < -0.4 is 10.6 Å². The second-order valence-electron chi connectivity index (χ2n) is 8.37. The number of nitrogens with zero attached hydrogens (tertiary/aromatic N) is 2. The molecule has 4 rings (SSSR count). The smallest absolute Gasteiger partial charge is 0.327 e. The molecule has 0 aliphatic carbocycles. The maximum absolute atomic E-state index is 13.7. The minimum absolute atomic E-state index is 0.0485. The highest BCUT2D eigenvalue weighted by Gasteiger charge is 2.34. The number of aromatic amines is 1. The number of hydrogen-bond acceptors (Lipinski definition) is 5. The van der Waals surface area contributed by atoms with Crippen LogP contribution in [0.3, 0.4) is 0 Å². The molecule has 0 saturated carbocycles. The normalized spacial score (nSPS) is 17.4. The summed E-state index contributed by atoms with van der Waals surface area (Å²) in [5.74, 6) is -1.72. The van der Waals surface area contributed by atoms with Crippen LogP contribution in [0.25, 0.3) is 11.6 Å². The van der Waals surface area contributed by atoms with Gasteiger partial charge in [-0.3, -0.25) is 19.3 Å². The predicted molar refractivity (Wildman–Crippen MR) is 121 cm³/mol. The summed E-state index contributed by atoms with van der Waals surface area (Å²) in [6, 6.07) is 3.52. The van der Waals surface area contributed by atoms with Crippen molar-refractivity contribution in [2.24, 2.45) is 0 Å². The zero-order chi connectivity index (χ0) is 24.7. The molecular weight excluding hydrogens is 445 g/mol. The molecule has 0 spiro atoms. The molecule has 1 fully saturated rings. The van der Waals surface area contributed by atoms with Crippen LogP contribution in [0.1, 0.15) is 32.9 Å². The third-order valence-corrected chi connectivity index (χ3v) is 5.88. The summed E-state index contributed by atoms with van der Waals surface area (Å²) in [6.45, 7) is 2.95. The first-order valence-electron chi connectivity index (χ1n) is 10.6. The van der Waals surface area contributed by atoms with E-state index in [-0.39, 0.29) is 31.1 Å². The summed E-state index contributed by atoms with van der Waals surface area (Å²) >= 11 is 0. The van der Waals surface area contributed by atoms with E-state index in [1.165, 1.54) is 30.1 Å². The number of urea groups is 1. The lowest BCUT2D eigenvalue weighted by molar-refractivity contribution is -0.126. The third-order valence-electron chi connectivity index (χ3n) is 5.88. The van der Waals surface area contributed by atoms with Crippen molar-refractivity contribution in [2.75, 3.05) is 32.0 Å². The summed E-state index contributed by atoms with van der Waals surface area (Å²) in [6.07, 6.45) is 0.424. The number of carbonyl (C=O) groups is 4. The monoisotopic (exact) mass is 469 g/mol. The molecule has 1 atom stereocenters. The Morgan fingerprint density at radius 2 is 2.03 bits per heavy atom. The maximum atomic E-state index is 13.7. The number of likely N-dealkylation sites (N-methyl/N-ethyl adjacent to an activating group) is 1. The fourth-order valence-electron chi connectivity index (χ4n) is 4.13. The van der Waals surface area contributed by atoms with E-state index in [2.05, 4.69) is 15.6 Å². The van der Waals surface area contributed by atoms with Crippen LogP contribution in [-0.4, -0.2) is 76.4 Å². The highest BCUT2D eigenvalue weighted by atomic mass is 19.1. The lowest BCUT2D eigenvalue weighted by atomic mass is 10.0. The molecule has 5 amide bonds. The second-order valence-corrected chi connectivity index (χ2v) is 8.37. The Labute approximate surface area is 194 Å². The minimum atomic E-state index is -1.14. The van der Waals surface area contributed by atoms with Gasteiger partial charge in [0.2, 0.25) is 5.91 Å². The van der Waals surface area contributed by atoms with Crippen molar-refractivity contribution in [3.63, 3.8) is 0 Å². The third kappa shape index (κ3) is 4.17. The number of aliphatic hydroxyl groups is 1. The maximum Gasteiger partial charge on any atom is 0.327 e. The Morgan fingerprint density at radius 1 is 1.29 bits per heavy atom. The van der Waals surface area contributed by atoms with Gasteiger partial charge in [-0.2, -0.15) is 0 Å². The van der Waals surface area contributed by atoms with Crippen LogP contribution in [0.4, 0.5) is 14.9 Å². The molecule has 1 aromatic heterocycles. The van der Waals surface area contributed by atoms with Crippen molar-refractivity contribution in [2.45, 2.75) is 20.0 Å². The van der Waals surface area contributed by atoms with E-state index in [0.717, 1.165) is 4.90 Å². The van der Waals surface area contributed by atoms with Crippen LogP contribution in [0.15, 0.2) is 18.2 Å². The zero-order valence-corrected chi connectivity index (χ0v) is 18.9. The zero-order valence-electron chi connectivity index (χ0n) is 18.9. The van der Waals surface area contributed by atoms with Crippen LogP contribution in [0.5, 0.6) is 0 Å². The number of rotatable bonds is 6. The number of carbonyl (C=O) groups excluding carboxylic acids is 4. The van der Waals surface area contributed by atoms with Gasteiger partial charge in [0.25, 0.3) is 11.8 Å². The number of halogens is 1. The summed E-state index contributed by atoms with van der Waals surface area (Å²) < 4.78 is 13.7. The van der Waals surface area contributed by atoms with Gasteiger partial charge in [0.05, 0.1) is 23.8 Å². The lowest BCUT2D eigenvalue weighted by Crippen LogP contribution is -2.43. The van der Waals surface area contributed by atoms with Crippen molar-refractivity contribution in [1.82, 2.24) is 20.1 Å². The Bertz CT molecular complexity index is 1250. The van der Waals surface area contributed by atoms with E-state index in [1.54, 1.807) is 19.9 Å². The lowest BCUT2D eigenvalue weighted by Gasteiger charge is -2.18. The van der Waals surface area contributed by atoms with Crippen molar-refractivity contribution in [3.05, 3.63) is 52.1 Å². The molecule has 0 bridgehead atoms. The molecular formula is C23H24FN5O5. The molecule has 0 radical (unpaired) electrons. The first-order valence-corrected chi connectivity index (χ1v) is 10.6. The number of anilines is 1. The summed E-state index contributed by atoms with van der Waals surface area (Å²) in [5.41, 5.74) is 3.17. The van der Waals surface area contributed by atoms with Crippen molar-refractivity contribution in [3.8, 4) is 0 Å². The molecule has 34 heavy (non-hydrogen) atoms. The van der Waals surface area contributed by atoms with Gasteiger partial charge in [0.15, 0.2) is 0 Å². The fourth-order valence-corrected chi connectivity index (χ4v) is 4.13. The van der Waals surface area contributed by atoms with E-state index in [1.807, 2.05) is 0 Å². The van der Waals surface area contributed by atoms with Crippen molar-refractivity contribution in [1.29, 1.82) is 0 Å². The van der Waals surface area contributed by atoms with Gasteiger partial charge in [-0.05, 0) is 43.7 Å². The number of aryl methyl sites for hydroxylation is 1. The number of nitrogens with one attached hydrogen (secondary N) is 3. The fraction of sp³-hybridized carbons (Fsp3) is 0.304. The molecule has 3 heterocycles. The number of aromatic nitrogens is 1. The SMILES string of the molecule is Cc1[nH]c(/C=C2\C(=O)Nc3ccc(F)cc32)c(C)c1C(=O)NC[C@H](O)CN1C(=O)CN(C)C1=O. The first-order chi connectivity index (χ1) is 16.1. The number of aliphatic hydroxyl groups excluding tert-OH is 1. The summed E-state index contributed by atoms with van der Waals surface area (Å²) in [4.78, 5) is 54.3. The molecule has 11 heteroatoms. The summed E-state index contributed by atoms with van der Waals surface area (Å²) in [5, 5.41) is 15.5. The molecule has 2 aromatic rings. The van der Waals surface area contributed by atoms with E-state index >= 15 is 0 Å².